The molecule has 1 saturated heterocycles. The minimum Gasteiger partial charge on any atom is -0.365 e. The fourth-order valence-corrected chi connectivity index (χ4v) is 2.34. The molecule has 1 atom stereocenters. The third-order valence-corrected chi connectivity index (χ3v) is 3.35. The lowest BCUT2D eigenvalue weighted by molar-refractivity contribution is -0.143. The fourth-order valence-electron chi connectivity index (χ4n) is 2.34. The molecule has 0 spiro atoms. The monoisotopic (exact) mass is 290 g/mol. The number of nitrogens with zero attached hydrogens (tertiary/aromatic N) is 3. The molecule has 1 aliphatic heterocycles. The van der Waals surface area contributed by atoms with Crippen LogP contribution in [0.1, 0.15) is 6.42 Å². The quantitative estimate of drug-likeness (QED) is 0.901. The van der Waals surface area contributed by atoms with E-state index in [0.717, 1.165) is 0 Å². The molecule has 0 radical (unpaired) electrons. The summed E-state index contributed by atoms with van der Waals surface area (Å²) < 4.78 is 38.2. The highest BCUT2D eigenvalue weighted by Crippen LogP contribution is 2.22. The number of halogens is 3. The molecule has 112 valence electrons. The van der Waals surface area contributed by atoms with E-state index < -0.39 is 12.7 Å². The molecular weight excluding hydrogens is 273 g/mol. The van der Waals surface area contributed by atoms with E-state index in [1.165, 1.54) is 15.7 Å². The normalized spacial score (nSPS) is 20.3. The van der Waals surface area contributed by atoms with E-state index in [1.54, 1.807) is 13.2 Å². The van der Waals surface area contributed by atoms with Gasteiger partial charge in [0.25, 0.3) is 5.56 Å². The van der Waals surface area contributed by atoms with Crippen LogP contribution >= 0.6 is 0 Å². The number of hydrogen-bond donors (Lipinski definition) is 1. The second kappa shape index (κ2) is 5.82. The van der Waals surface area contributed by atoms with Gasteiger partial charge in [0.1, 0.15) is 0 Å². The van der Waals surface area contributed by atoms with Gasteiger partial charge in [-0.05, 0) is 18.9 Å². The third-order valence-electron chi connectivity index (χ3n) is 3.35. The minimum atomic E-state index is -4.15. The number of anilines is 1. The summed E-state index contributed by atoms with van der Waals surface area (Å²) in [6.45, 7) is 0.418. The number of nitrogens with one attached hydrogen (secondary N) is 1. The molecule has 1 unspecified atom stereocenters. The summed E-state index contributed by atoms with van der Waals surface area (Å²) in [5.41, 5.74) is -0.238. The van der Waals surface area contributed by atoms with Crippen molar-refractivity contribution < 1.29 is 13.2 Å². The van der Waals surface area contributed by atoms with Gasteiger partial charge in [-0.2, -0.15) is 13.2 Å². The number of hydrogen-bond acceptors (Lipinski definition) is 4. The summed E-state index contributed by atoms with van der Waals surface area (Å²) in [4.78, 5) is 17.0. The Morgan fingerprint density at radius 3 is 2.95 bits per heavy atom. The lowest BCUT2D eigenvalue weighted by Crippen LogP contribution is -2.33. The van der Waals surface area contributed by atoms with Crippen LogP contribution in [0.2, 0.25) is 0 Å². The van der Waals surface area contributed by atoms with Crippen molar-refractivity contribution in [1.29, 1.82) is 0 Å². The lowest BCUT2D eigenvalue weighted by atomic mass is 10.1. The maximum Gasteiger partial charge on any atom is 0.401 e. The Labute approximate surface area is 114 Å². The average molecular weight is 290 g/mol. The number of alkyl halides is 3. The second-order valence-corrected chi connectivity index (χ2v) is 5.08. The second-order valence-electron chi connectivity index (χ2n) is 5.08. The van der Waals surface area contributed by atoms with Crippen LogP contribution in [0.25, 0.3) is 0 Å². The largest absolute Gasteiger partial charge is 0.401 e. The molecule has 1 aromatic rings. The Bertz CT molecular complexity index is 514. The number of rotatable bonds is 4. The Morgan fingerprint density at radius 1 is 1.50 bits per heavy atom. The van der Waals surface area contributed by atoms with Crippen LogP contribution in [-0.2, 0) is 7.05 Å². The lowest BCUT2D eigenvalue weighted by Gasteiger charge is -2.18. The van der Waals surface area contributed by atoms with Crippen molar-refractivity contribution in [2.24, 2.45) is 13.0 Å². The number of aryl methyl sites for hydroxylation is 1. The van der Waals surface area contributed by atoms with E-state index in [2.05, 4.69) is 10.3 Å². The molecule has 1 aromatic heterocycles. The minimum absolute atomic E-state index is 0.101. The first-order valence-electron chi connectivity index (χ1n) is 6.40. The molecule has 0 aromatic carbocycles. The Hall–Kier alpha value is -1.57. The first-order chi connectivity index (χ1) is 9.35. The molecular formula is C12H17F3N4O. The molecule has 0 saturated carbocycles. The van der Waals surface area contributed by atoms with E-state index in [4.69, 9.17) is 0 Å². The van der Waals surface area contributed by atoms with E-state index in [9.17, 15) is 18.0 Å². The van der Waals surface area contributed by atoms with Crippen LogP contribution in [0.4, 0.5) is 19.0 Å². The molecule has 2 heterocycles. The molecule has 2 rings (SSSR count). The highest BCUT2D eigenvalue weighted by molar-refractivity contribution is 5.30. The maximum atomic E-state index is 12.3. The number of likely N-dealkylation sites (tertiary alicyclic amines) is 1. The van der Waals surface area contributed by atoms with Crippen molar-refractivity contribution in [2.75, 3.05) is 31.5 Å². The van der Waals surface area contributed by atoms with Gasteiger partial charge in [-0.25, -0.2) is 4.98 Å². The highest BCUT2D eigenvalue weighted by Gasteiger charge is 2.34. The smallest absolute Gasteiger partial charge is 0.365 e. The fraction of sp³-hybridized carbons (Fsp3) is 0.667. The van der Waals surface area contributed by atoms with Crippen LogP contribution < -0.4 is 10.9 Å². The van der Waals surface area contributed by atoms with Crippen LogP contribution in [0.5, 0.6) is 0 Å². The van der Waals surface area contributed by atoms with Gasteiger partial charge in [0.15, 0.2) is 5.82 Å². The van der Waals surface area contributed by atoms with Crippen molar-refractivity contribution in [2.45, 2.75) is 12.6 Å². The molecule has 1 fully saturated rings. The van der Waals surface area contributed by atoms with Gasteiger partial charge in [-0.1, -0.05) is 0 Å². The van der Waals surface area contributed by atoms with Crippen molar-refractivity contribution in [3.63, 3.8) is 0 Å². The zero-order valence-electron chi connectivity index (χ0n) is 11.2. The first kappa shape index (κ1) is 14.8. The Morgan fingerprint density at radius 2 is 2.25 bits per heavy atom. The summed E-state index contributed by atoms with van der Waals surface area (Å²) in [6.07, 6.45) is -0.405. The van der Waals surface area contributed by atoms with Gasteiger partial charge in [0.05, 0.1) is 6.54 Å². The number of aromatic nitrogens is 2. The molecule has 0 bridgehead atoms. The third kappa shape index (κ3) is 3.96. The molecule has 5 nitrogen and oxygen atoms in total. The van der Waals surface area contributed by atoms with Gasteiger partial charge in [-0.15, -0.1) is 0 Å². The molecule has 0 amide bonds. The van der Waals surface area contributed by atoms with E-state index in [-0.39, 0.29) is 17.3 Å². The summed E-state index contributed by atoms with van der Waals surface area (Å²) in [5.74, 6) is 0.341. The summed E-state index contributed by atoms with van der Waals surface area (Å²) in [6, 6.07) is 0. The Balaban J connectivity index is 1.84. The zero-order chi connectivity index (χ0) is 14.8. The van der Waals surface area contributed by atoms with Crippen molar-refractivity contribution in [3.8, 4) is 0 Å². The standard InChI is InChI=1S/C12H17F3N4O/c1-18-5-3-16-10(11(18)20)17-6-9-2-4-19(7-9)8-12(13,14)15/h3,5,9H,2,4,6-8H2,1H3,(H,16,17). The van der Waals surface area contributed by atoms with E-state index >= 15 is 0 Å². The van der Waals surface area contributed by atoms with Gasteiger partial charge in [0.2, 0.25) is 0 Å². The van der Waals surface area contributed by atoms with Gasteiger partial charge in [0, 0.05) is 32.5 Å². The van der Waals surface area contributed by atoms with E-state index in [1.807, 2.05) is 0 Å². The topological polar surface area (TPSA) is 50.2 Å². The average Bonchev–Trinajstić information content (AvgIpc) is 2.76. The summed E-state index contributed by atoms with van der Waals surface area (Å²) >= 11 is 0. The highest BCUT2D eigenvalue weighted by atomic mass is 19.4. The van der Waals surface area contributed by atoms with Crippen LogP contribution in [0.15, 0.2) is 17.2 Å². The van der Waals surface area contributed by atoms with Crippen molar-refractivity contribution in [1.82, 2.24) is 14.5 Å². The summed E-state index contributed by atoms with van der Waals surface area (Å²) in [5, 5.41) is 2.93. The van der Waals surface area contributed by atoms with Gasteiger partial charge in [-0.3, -0.25) is 9.69 Å². The molecule has 20 heavy (non-hydrogen) atoms. The molecule has 0 aliphatic carbocycles. The molecule has 1 N–H and O–H groups in total. The predicted molar refractivity (Wildman–Crippen MR) is 68.6 cm³/mol. The predicted octanol–water partition coefficient (Wildman–Crippen LogP) is 1.08. The van der Waals surface area contributed by atoms with Crippen molar-refractivity contribution >= 4 is 5.82 Å². The van der Waals surface area contributed by atoms with Gasteiger partial charge >= 0.3 is 6.18 Å². The van der Waals surface area contributed by atoms with Gasteiger partial charge < -0.3 is 9.88 Å². The Kier molecular flexibility index (Phi) is 4.32. The zero-order valence-corrected chi connectivity index (χ0v) is 11.2. The SMILES string of the molecule is Cn1ccnc(NCC2CCN(CC(F)(F)F)C2)c1=O. The van der Waals surface area contributed by atoms with Crippen molar-refractivity contribution in [3.05, 3.63) is 22.7 Å². The molecule has 1 aliphatic rings. The first-order valence-corrected chi connectivity index (χ1v) is 6.40. The molecule has 8 heteroatoms. The summed E-state index contributed by atoms with van der Waals surface area (Å²) in [7, 11) is 1.62. The van der Waals surface area contributed by atoms with Crippen LogP contribution in [0, 0.1) is 5.92 Å². The maximum absolute atomic E-state index is 12.3. The van der Waals surface area contributed by atoms with E-state index in [0.29, 0.717) is 26.1 Å². The van der Waals surface area contributed by atoms with Crippen LogP contribution in [0.3, 0.4) is 0 Å². The van der Waals surface area contributed by atoms with Crippen LogP contribution in [-0.4, -0.2) is 46.8 Å².